The Bertz CT molecular complexity index is 261. The van der Waals surface area contributed by atoms with Crippen LogP contribution in [0.5, 0.6) is 0 Å². The summed E-state index contributed by atoms with van der Waals surface area (Å²) in [5.41, 5.74) is 5.61. The van der Waals surface area contributed by atoms with Gasteiger partial charge in [-0.15, -0.1) is 10.2 Å². The molecular weight excluding hydrogens is 164 g/mol. The number of aromatic nitrogens is 3. The Kier molecular flexibility index (Phi) is 2.71. The lowest BCUT2D eigenvalue weighted by atomic mass is 10.1. The Morgan fingerprint density at radius 3 is 2.15 bits per heavy atom. The summed E-state index contributed by atoms with van der Waals surface area (Å²) in [6, 6.07) is 0. The minimum Gasteiger partial charge on any atom is -0.324 e. The van der Waals surface area contributed by atoms with Gasteiger partial charge >= 0.3 is 0 Å². The van der Waals surface area contributed by atoms with Gasteiger partial charge < -0.3 is 10.3 Å². The monoisotopic (exact) mass is 182 g/mol. The Morgan fingerprint density at radius 1 is 1.23 bits per heavy atom. The van der Waals surface area contributed by atoms with Crippen LogP contribution in [-0.4, -0.2) is 14.8 Å². The van der Waals surface area contributed by atoms with Crippen molar-refractivity contribution >= 4 is 0 Å². The van der Waals surface area contributed by atoms with E-state index in [1.807, 2.05) is 0 Å². The van der Waals surface area contributed by atoms with E-state index in [4.69, 9.17) is 5.73 Å². The van der Waals surface area contributed by atoms with Crippen LogP contribution < -0.4 is 5.73 Å². The fourth-order valence-electron chi connectivity index (χ4n) is 1.49. The van der Waals surface area contributed by atoms with Crippen LogP contribution in [0.25, 0.3) is 0 Å². The molecule has 0 radical (unpaired) electrons. The highest BCUT2D eigenvalue weighted by Crippen LogP contribution is 2.18. The van der Waals surface area contributed by atoms with Crippen molar-refractivity contribution in [2.45, 2.75) is 46.2 Å². The molecule has 0 aliphatic rings. The van der Waals surface area contributed by atoms with Crippen LogP contribution in [-0.2, 0) is 18.5 Å². The molecule has 0 aliphatic heterocycles. The molecule has 13 heavy (non-hydrogen) atoms. The second-order valence-electron chi connectivity index (χ2n) is 4.10. The quantitative estimate of drug-likeness (QED) is 0.744. The molecule has 0 unspecified atom stereocenters. The van der Waals surface area contributed by atoms with E-state index in [2.05, 4.69) is 42.5 Å². The first-order chi connectivity index (χ1) is 6.00. The molecule has 1 heterocycles. The van der Waals surface area contributed by atoms with Crippen LogP contribution in [0, 0.1) is 0 Å². The average Bonchev–Trinajstić information content (AvgIpc) is 2.45. The Morgan fingerprint density at radius 2 is 1.77 bits per heavy atom. The van der Waals surface area contributed by atoms with E-state index in [0.717, 1.165) is 18.1 Å². The first kappa shape index (κ1) is 10.2. The van der Waals surface area contributed by atoms with E-state index in [9.17, 15) is 0 Å². The normalized spacial score (nSPS) is 12.1. The Labute approximate surface area is 79.2 Å². The summed E-state index contributed by atoms with van der Waals surface area (Å²) in [6.07, 6.45) is 0.893. The zero-order valence-electron chi connectivity index (χ0n) is 8.83. The number of aryl methyl sites for hydroxylation is 1. The third-order valence-electron chi connectivity index (χ3n) is 1.97. The van der Waals surface area contributed by atoms with Crippen molar-refractivity contribution in [1.29, 1.82) is 0 Å². The van der Waals surface area contributed by atoms with Crippen molar-refractivity contribution in [2.24, 2.45) is 5.73 Å². The van der Waals surface area contributed by atoms with Gasteiger partial charge in [0.2, 0.25) is 0 Å². The van der Waals surface area contributed by atoms with Gasteiger partial charge in [0.15, 0.2) is 0 Å². The molecule has 0 spiro atoms. The van der Waals surface area contributed by atoms with Crippen LogP contribution in [0.15, 0.2) is 0 Å². The molecule has 0 fully saturated rings. The Balaban J connectivity index is 3.20. The van der Waals surface area contributed by atoms with Crippen molar-refractivity contribution in [1.82, 2.24) is 14.8 Å². The predicted molar refractivity (Wildman–Crippen MR) is 52.3 cm³/mol. The summed E-state index contributed by atoms with van der Waals surface area (Å²) in [5, 5.41) is 8.16. The Hall–Kier alpha value is -0.900. The third-order valence-corrected chi connectivity index (χ3v) is 1.97. The smallest absolute Gasteiger partial charge is 0.147 e. The second-order valence-corrected chi connectivity index (χ2v) is 4.10. The molecule has 0 bridgehead atoms. The summed E-state index contributed by atoms with van der Waals surface area (Å²) in [5.74, 6) is 1.87. The van der Waals surface area contributed by atoms with Crippen molar-refractivity contribution < 1.29 is 0 Å². The van der Waals surface area contributed by atoms with Crippen LogP contribution in [0.3, 0.4) is 0 Å². The maximum Gasteiger partial charge on any atom is 0.147 e. The van der Waals surface area contributed by atoms with Gasteiger partial charge in [-0.3, -0.25) is 0 Å². The van der Waals surface area contributed by atoms with E-state index in [1.54, 1.807) is 0 Å². The van der Waals surface area contributed by atoms with Gasteiger partial charge in [0.1, 0.15) is 11.6 Å². The fourth-order valence-corrected chi connectivity index (χ4v) is 1.49. The largest absolute Gasteiger partial charge is 0.324 e. The maximum atomic E-state index is 5.59. The summed E-state index contributed by atoms with van der Waals surface area (Å²) < 4.78 is 2.12. The molecule has 2 N–H and O–H groups in total. The number of nitrogens with zero attached hydrogens (tertiary/aromatic N) is 3. The fraction of sp³-hybridized carbons (Fsp3) is 0.778. The molecule has 4 nitrogen and oxygen atoms in total. The highest BCUT2D eigenvalue weighted by Gasteiger charge is 2.20. The molecular formula is C9H18N4. The first-order valence-corrected chi connectivity index (χ1v) is 4.64. The van der Waals surface area contributed by atoms with E-state index in [0.29, 0.717) is 6.54 Å². The molecule has 4 heteroatoms. The van der Waals surface area contributed by atoms with Crippen molar-refractivity contribution in [3.63, 3.8) is 0 Å². The van der Waals surface area contributed by atoms with Gasteiger partial charge in [-0.2, -0.15) is 0 Å². The third kappa shape index (κ3) is 1.88. The van der Waals surface area contributed by atoms with E-state index in [-0.39, 0.29) is 5.54 Å². The maximum absolute atomic E-state index is 5.59. The highest BCUT2D eigenvalue weighted by atomic mass is 15.3. The molecule has 0 aromatic carbocycles. The van der Waals surface area contributed by atoms with Crippen molar-refractivity contribution in [3.8, 4) is 0 Å². The van der Waals surface area contributed by atoms with Crippen LogP contribution in [0.4, 0.5) is 0 Å². The van der Waals surface area contributed by atoms with Gasteiger partial charge in [-0.1, -0.05) is 6.92 Å². The van der Waals surface area contributed by atoms with Crippen molar-refractivity contribution in [2.75, 3.05) is 0 Å². The average molecular weight is 182 g/mol. The zero-order valence-corrected chi connectivity index (χ0v) is 8.83. The van der Waals surface area contributed by atoms with Gasteiger partial charge in [0.05, 0.1) is 6.54 Å². The topological polar surface area (TPSA) is 56.7 Å². The minimum absolute atomic E-state index is 0.0174. The van der Waals surface area contributed by atoms with Gasteiger partial charge in [0, 0.05) is 12.0 Å². The van der Waals surface area contributed by atoms with E-state index < -0.39 is 0 Å². The van der Waals surface area contributed by atoms with Gasteiger partial charge in [-0.25, -0.2) is 0 Å². The van der Waals surface area contributed by atoms with Crippen LogP contribution in [0.2, 0.25) is 0 Å². The number of hydrogen-bond donors (Lipinski definition) is 1. The molecule has 0 aliphatic carbocycles. The number of nitrogens with two attached hydrogens (primary N) is 1. The van der Waals surface area contributed by atoms with Crippen LogP contribution in [0.1, 0.15) is 39.3 Å². The molecule has 0 saturated heterocycles. The standard InChI is InChI=1S/C9H18N4/c1-5-7-11-12-8(6-10)13(7)9(2,3)4/h5-6,10H2,1-4H3. The SMILES string of the molecule is CCc1nnc(CN)n1C(C)(C)C. The number of rotatable bonds is 2. The summed E-state index contributed by atoms with van der Waals surface area (Å²) in [6.45, 7) is 8.93. The highest BCUT2D eigenvalue weighted by molar-refractivity contribution is 5.00. The molecule has 74 valence electrons. The van der Waals surface area contributed by atoms with E-state index >= 15 is 0 Å². The summed E-state index contributed by atoms with van der Waals surface area (Å²) >= 11 is 0. The van der Waals surface area contributed by atoms with Crippen molar-refractivity contribution in [3.05, 3.63) is 11.6 Å². The summed E-state index contributed by atoms with van der Waals surface area (Å²) in [7, 11) is 0. The second kappa shape index (κ2) is 3.46. The van der Waals surface area contributed by atoms with Gasteiger partial charge in [0.25, 0.3) is 0 Å². The molecule has 1 rings (SSSR count). The summed E-state index contributed by atoms with van der Waals surface area (Å²) in [4.78, 5) is 0. The molecule has 0 amide bonds. The zero-order chi connectivity index (χ0) is 10.1. The number of hydrogen-bond acceptors (Lipinski definition) is 3. The lowest BCUT2D eigenvalue weighted by molar-refractivity contribution is 0.370. The predicted octanol–water partition coefficient (Wildman–Crippen LogP) is 1.05. The molecule has 0 atom stereocenters. The molecule has 1 aromatic heterocycles. The lowest BCUT2D eigenvalue weighted by Crippen LogP contribution is -2.27. The van der Waals surface area contributed by atoms with Crippen LogP contribution >= 0.6 is 0 Å². The van der Waals surface area contributed by atoms with E-state index in [1.165, 1.54) is 0 Å². The molecule has 0 saturated carbocycles. The van der Waals surface area contributed by atoms with Gasteiger partial charge in [-0.05, 0) is 20.8 Å². The minimum atomic E-state index is 0.0174. The first-order valence-electron chi connectivity index (χ1n) is 4.64. The molecule has 1 aromatic rings. The lowest BCUT2D eigenvalue weighted by Gasteiger charge is -2.24.